The molecule has 2 rings (SSSR count). The Hall–Kier alpha value is -1.59. The number of fused-ring (bicyclic) bond motifs is 1. The lowest BCUT2D eigenvalue weighted by Crippen LogP contribution is -2.19. The molecule has 0 bridgehead atoms. The Morgan fingerprint density at radius 1 is 1.44 bits per heavy atom. The van der Waals surface area contributed by atoms with Crippen LogP contribution in [0.5, 0.6) is 0 Å². The highest BCUT2D eigenvalue weighted by molar-refractivity contribution is 5.97. The molecular weight excluding hydrogens is 208 g/mol. The van der Waals surface area contributed by atoms with Crippen molar-refractivity contribution in [3.63, 3.8) is 0 Å². The zero-order chi connectivity index (χ0) is 11.7. The number of amides is 1. The molecule has 0 radical (unpaired) electrons. The molecule has 1 aromatic carbocycles. The van der Waals surface area contributed by atoms with Crippen LogP contribution in [0.15, 0.2) is 18.2 Å². The number of benzene rings is 1. The van der Waals surface area contributed by atoms with Crippen LogP contribution in [0.4, 0.5) is 11.4 Å². The van der Waals surface area contributed by atoms with E-state index in [9.17, 15) is 15.0 Å². The summed E-state index contributed by atoms with van der Waals surface area (Å²) >= 11 is 0. The van der Waals surface area contributed by atoms with Gasteiger partial charge in [0.25, 0.3) is 0 Å². The summed E-state index contributed by atoms with van der Waals surface area (Å²) in [5, 5.41) is 24.3. The second-order valence-corrected chi connectivity index (χ2v) is 3.94. The third kappa shape index (κ3) is 2.00. The number of carbonyl (C=O) groups is 1. The topological polar surface area (TPSA) is 81.6 Å². The number of aliphatic hydroxyl groups excluding tert-OH is 1. The van der Waals surface area contributed by atoms with Crippen LogP contribution in [0, 0.1) is 0 Å². The molecular formula is C11H14N2O3. The number of hydrogen-bond donors (Lipinski definition) is 4. The van der Waals surface area contributed by atoms with Crippen molar-refractivity contribution in [3.05, 3.63) is 23.8 Å². The highest BCUT2D eigenvalue weighted by atomic mass is 16.5. The van der Waals surface area contributed by atoms with Crippen LogP contribution >= 0.6 is 0 Å². The molecule has 0 aromatic heterocycles. The van der Waals surface area contributed by atoms with Crippen molar-refractivity contribution in [1.29, 1.82) is 0 Å². The zero-order valence-corrected chi connectivity index (χ0v) is 8.90. The smallest absolute Gasteiger partial charge is 0.226 e. The van der Waals surface area contributed by atoms with E-state index in [2.05, 4.69) is 10.6 Å². The average Bonchev–Trinajstić information content (AvgIpc) is 2.33. The summed E-state index contributed by atoms with van der Waals surface area (Å²) in [6.45, 7) is 1.87. The Labute approximate surface area is 93.1 Å². The summed E-state index contributed by atoms with van der Waals surface area (Å²) in [7, 11) is 0. The molecule has 86 valence electrons. The zero-order valence-electron chi connectivity index (χ0n) is 8.90. The fourth-order valence-electron chi connectivity index (χ4n) is 1.83. The molecule has 0 spiro atoms. The number of hydrogen-bond acceptors (Lipinski definition) is 4. The van der Waals surface area contributed by atoms with Crippen molar-refractivity contribution < 1.29 is 15.0 Å². The van der Waals surface area contributed by atoms with Gasteiger partial charge in [0.15, 0.2) is 6.29 Å². The summed E-state index contributed by atoms with van der Waals surface area (Å²) in [6, 6.07) is 4.97. The van der Waals surface area contributed by atoms with Gasteiger partial charge >= 0.3 is 0 Å². The minimum Gasteiger partial charge on any atom is -0.380 e. The molecule has 0 saturated carbocycles. The molecule has 0 fully saturated rings. The van der Waals surface area contributed by atoms with Gasteiger partial charge in [-0.15, -0.1) is 0 Å². The Kier molecular flexibility index (Phi) is 2.80. The predicted octanol–water partition coefficient (Wildman–Crippen LogP) is 0.812. The SMILES string of the molecule is C[C@@H]1CC(=O)Nc2cccc(C(O)O)c2N1. The summed E-state index contributed by atoms with van der Waals surface area (Å²) in [5.74, 6) is -0.0803. The molecule has 5 nitrogen and oxygen atoms in total. The van der Waals surface area contributed by atoms with Crippen LogP contribution < -0.4 is 10.6 Å². The van der Waals surface area contributed by atoms with E-state index < -0.39 is 6.29 Å². The maximum absolute atomic E-state index is 11.5. The molecule has 0 saturated heterocycles. The molecule has 1 atom stereocenters. The standard InChI is InChI=1S/C11H14N2O3/c1-6-5-9(14)13-8-4-2-3-7(11(15)16)10(8)12-6/h2-4,6,11-12,15-16H,5H2,1H3,(H,13,14)/t6-/m1/s1. The first-order valence-corrected chi connectivity index (χ1v) is 5.13. The molecule has 16 heavy (non-hydrogen) atoms. The Balaban J connectivity index is 2.48. The van der Waals surface area contributed by atoms with Crippen LogP contribution in [-0.4, -0.2) is 22.2 Å². The number of anilines is 2. The number of rotatable bonds is 1. The number of aliphatic hydroxyl groups is 2. The van der Waals surface area contributed by atoms with E-state index >= 15 is 0 Å². The van der Waals surface area contributed by atoms with Gasteiger partial charge in [0.2, 0.25) is 5.91 Å². The third-order valence-electron chi connectivity index (χ3n) is 2.53. The molecule has 0 aliphatic carbocycles. The first-order chi connectivity index (χ1) is 7.58. The van der Waals surface area contributed by atoms with Crippen LogP contribution in [0.1, 0.15) is 25.2 Å². The van der Waals surface area contributed by atoms with E-state index in [1.165, 1.54) is 0 Å². The molecule has 4 N–H and O–H groups in total. The first-order valence-electron chi connectivity index (χ1n) is 5.13. The number of para-hydroxylation sites is 1. The summed E-state index contributed by atoms with van der Waals surface area (Å²) < 4.78 is 0. The second-order valence-electron chi connectivity index (χ2n) is 3.94. The van der Waals surface area contributed by atoms with Crippen LogP contribution in [-0.2, 0) is 4.79 Å². The Bertz CT molecular complexity index is 418. The minimum atomic E-state index is -1.55. The normalized spacial score (nSPS) is 19.8. The van der Waals surface area contributed by atoms with Gasteiger partial charge in [0.1, 0.15) is 0 Å². The van der Waals surface area contributed by atoms with Gasteiger partial charge in [-0.2, -0.15) is 0 Å². The van der Waals surface area contributed by atoms with Gasteiger partial charge in [-0.05, 0) is 13.0 Å². The van der Waals surface area contributed by atoms with Crippen molar-refractivity contribution in [3.8, 4) is 0 Å². The fourth-order valence-corrected chi connectivity index (χ4v) is 1.83. The van der Waals surface area contributed by atoms with Gasteiger partial charge in [-0.3, -0.25) is 4.79 Å². The van der Waals surface area contributed by atoms with Crippen molar-refractivity contribution in [2.45, 2.75) is 25.7 Å². The number of carbonyl (C=O) groups excluding carboxylic acids is 1. The molecule has 5 heteroatoms. The highest BCUT2D eigenvalue weighted by Crippen LogP contribution is 2.32. The van der Waals surface area contributed by atoms with Crippen LogP contribution in [0.2, 0.25) is 0 Å². The van der Waals surface area contributed by atoms with E-state index in [1.807, 2.05) is 6.92 Å². The van der Waals surface area contributed by atoms with E-state index in [0.717, 1.165) is 0 Å². The van der Waals surface area contributed by atoms with E-state index in [4.69, 9.17) is 0 Å². The van der Waals surface area contributed by atoms with Gasteiger partial charge in [-0.25, -0.2) is 0 Å². The first kappa shape index (κ1) is 10.9. The van der Waals surface area contributed by atoms with Crippen molar-refractivity contribution >= 4 is 17.3 Å². The van der Waals surface area contributed by atoms with E-state index in [1.54, 1.807) is 18.2 Å². The maximum atomic E-state index is 11.5. The molecule has 1 aliphatic heterocycles. The highest BCUT2D eigenvalue weighted by Gasteiger charge is 2.21. The Morgan fingerprint density at radius 3 is 2.88 bits per heavy atom. The Morgan fingerprint density at radius 2 is 2.19 bits per heavy atom. The molecule has 1 amide bonds. The van der Waals surface area contributed by atoms with Gasteiger partial charge in [0, 0.05) is 18.0 Å². The van der Waals surface area contributed by atoms with Gasteiger partial charge in [-0.1, -0.05) is 12.1 Å². The molecule has 1 heterocycles. The average molecular weight is 222 g/mol. The van der Waals surface area contributed by atoms with Crippen LogP contribution in [0.25, 0.3) is 0 Å². The van der Waals surface area contributed by atoms with Gasteiger partial charge < -0.3 is 20.8 Å². The summed E-state index contributed by atoms with van der Waals surface area (Å²) in [5.41, 5.74) is 1.53. The van der Waals surface area contributed by atoms with Crippen LogP contribution in [0.3, 0.4) is 0 Å². The quantitative estimate of drug-likeness (QED) is 0.530. The second kappa shape index (κ2) is 4.11. The molecule has 1 aromatic rings. The number of nitrogens with one attached hydrogen (secondary N) is 2. The van der Waals surface area contributed by atoms with E-state index in [-0.39, 0.29) is 11.9 Å². The van der Waals surface area contributed by atoms with Crippen molar-refractivity contribution in [2.75, 3.05) is 10.6 Å². The van der Waals surface area contributed by atoms with Crippen molar-refractivity contribution in [2.24, 2.45) is 0 Å². The molecule has 1 aliphatic rings. The lowest BCUT2D eigenvalue weighted by molar-refractivity contribution is -0.116. The van der Waals surface area contributed by atoms with Crippen molar-refractivity contribution in [1.82, 2.24) is 0 Å². The summed E-state index contributed by atoms with van der Waals surface area (Å²) in [4.78, 5) is 11.5. The minimum absolute atomic E-state index is 0.0406. The lowest BCUT2D eigenvalue weighted by Gasteiger charge is -2.17. The monoisotopic (exact) mass is 222 g/mol. The van der Waals surface area contributed by atoms with Gasteiger partial charge in [0.05, 0.1) is 11.4 Å². The predicted molar refractivity (Wildman–Crippen MR) is 60.0 cm³/mol. The largest absolute Gasteiger partial charge is 0.380 e. The third-order valence-corrected chi connectivity index (χ3v) is 2.53. The maximum Gasteiger partial charge on any atom is 0.226 e. The lowest BCUT2D eigenvalue weighted by atomic mass is 10.1. The molecule has 0 unspecified atom stereocenters. The summed E-state index contributed by atoms with van der Waals surface area (Å²) in [6.07, 6.45) is -1.19. The van der Waals surface area contributed by atoms with E-state index in [0.29, 0.717) is 23.4 Å². The fraction of sp³-hybridized carbons (Fsp3) is 0.364.